The van der Waals surface area contributed by atoms with Crippen LogP contribution in [0.2, 0.25) is 0 Å². The molecule has 0 saturated carbocycles. The van der Waals surface area contributed by atoms with Gasteiger partial charge in [-0.15, -0.1) is 13.2 Å². The second-order valence-corrected chi connectivity index (χ2v) is 3.93. The molecule has 2 aromatic rings. The molecule has 99 valence electrons. The number of benzene rings is 2. The van der Waals surface area contributed by atoms with E-state index in [1.165, 1.54) is 24.3 Å². The molecule has 2 rings (SSSR count). The summed E-state index contributed by atoms with van der Waals surface area (Å²) >= 11 is 0. The monoisotopic (exact) mass is 266 g/mol. The quantitative estimate of drug-likeness (QED) is 0.923. The third-order valence-corrected chi connectivity index (χ3v) is 2.58. The second kappa shape index (κ2) is 5.32. The van der Waals surface area contributed by atoms with Gasteiger partial charge in [0.1, 0.15) is 5.75 Å². The zero-order valence-electron chi connectivity index (χ0n) is 9.82. The van der Waals surface area contributed by atoms with E-state index in [2.05, 4.69) is 10.8 Å². The molecule has 2 aromatic carbocycles. The molecule has 0 aromatic heterocycles. The molecule has 0 fully saturated rings. The number of rotatable bonds is 3. The van der Waals surface area contributed by atoms with E-state index in [1.54, 1.807) is 12.1 Å². The lowest BCUT2D eigenvalue weighted by molar-refractivity contribution is -0.274. The first-order valence-corrected chi connectivity index (χ1v) is 5.53. The third-order valence-electron chi connectivity index (χ3n) is 2.58. The maximum atomic E-state index is 12.0. The van der Waals surface area contributed by atoms with Crippen LogP contribution in [-0.2, 0) is 0 Å². The summed E-state index contributed by atoms with van der Waals surface area (Å²) in [5, 5.41) is 0. The molecule has 0 bridgehead atoms. The molecule has 0 aliphatic heterocycles. The van der Waals surface area contributed by atoms with Crippen molar-refractivity contribution in [2.24, 2.45) is 5.73 Å². The third kappa shape index (κ3) is 3.72. The Kier molecular flexibility index (Phi) is 3.76. The number of alkyl halides is 3. The van der Waals surface area contributed by atoms with Crippen LogP contribution in [0, 0.1) is 6.07 Å². The number of halogens is 3. The van der Waals surface area contributed by atoms with Crippen LogP contribution in [0.25, 0.3) is 0 Å². The van der Waals surface area contributed by atoms with Crippen molar-refractivity contribution in [1.82, 2.24) is 0 Å². The highest BCUT2D eigenvalue weighted by Crippen LogP contribution is 2.25. The summed E-state index contributed by atoms with van der Waals surface area (Å²) in [4.78, 5) is 0. The highest BCUT2D eigenvalue weighted by atomic mass is 19.4. The molecule has 0 aliphatic rings. The van der Waals surface area contributed by atoms with Crippen molar-refractivity contribution in [3.63, 3.8) is 0 Å². The van der Waals surface area contributed by atoms with Gasteiger partial charge in [-0.05, 0) is 29.3 Å². The van der Waals surface area contributed by atoms with E-state index in [0.29, 0.717) is 5.56 Å². The lowest BCUT2D eigenvalue weighted by atomic mass is 10.00. The first kappa shape index (κ1) is 13.4. The Bertz CT molecular complexity index is 523. The van der Waals surface area contributed by atoms with Crippen molar-refractivity contribution < 1.29 is 17.9 Å². The Balaban J connectivity index is 2.15. The SMILES string of the molecule is NC(c1cc[c]cc1)c1ccc(OC(F)(F)F)cc1. The molecule has 1 radical (unpaired) electrons. The van der Waals surface area contributed by atoms with Crippen molar-refractivity contribution in [3.05, 3.63) is 65.7 Å². The fourth-order valence-corrected chi connectivity index (χ4v) is 1.68. The number of hydrogen-bond acceptors (Lipinski definition) is 2. The van der Waals surface area contributed by atoms with Crippen molar-refractivity contribution in [2.45, 2.75) is 12.4 Å². The van der Waals surface area contributed by atoms with Crippen LogP contribution >= 0.6 is 0 Å². The van der Waals surface area contributed by atoms with Crippen LogP contribution in [0.4, 0.5) is 13.2 Å². The molecule has 0 saturated heterocycles. The maximum absolute atomic E-state index is 12.0. The number of nitrogens with two attached hydrogens (primary N) is 1. The topological polar surface area (TPSA) is 35.2 Å². The van der Waals surface area contributed by atoms with Crippen molar-refractivity contribution >= 4 is 0 Å². The predicted octanol–water partition coefficient (Wildman–Crippen LogP) is 3.43. The minimum Gasteiger partial charge on any atom is -0.406 e. The lowest BCUT2D eigenvalue weighted by Gasteiger charge is -2.14. The minimum atomic E-state index is -4.68. The summed E-state index contributed by atoms with van der Waals surface area (Å²) in [6.07, 6.45) is -4.68. The van der Waals surface area contributed by atoms with Crippen molar-refractivity contribution in [1.29, 1.82) is 0 Å². The molecule has 0 amide bonds. The summed E-state index contributed by atoms with van der Waals surface area (Å²) < 4.78 is 39.8. The summed E-state index contributed by atoms with van der Waals surface area (Å²) in [6, 6.07) is 15.1. The molecule has 1 atom stereocenters. The van der Waals surface area contributed by atoms with Gasteiger partial charge < -0.3 is 10.5 Å². The summed E-state index contributed by atoms with van der Waals surface area (Å²) in [5.74, 6) is -0.259. The first-order valence-electron chi connectivity index (χ1n) is 5.53. The summed E-state index contributed by atoms with van der Waals surface area (Å²) in [7, 11) is 0. The van der Waals surface area contributed by atoms with E-state index in [4.69, 9.17) is 5.73 Å². The van der Waals surface area contributed by atoms with Gasteiger partial charge in [-0.2, -0.15) is 0 Å². The zero-order chi connectivity index (χ0) is 13.9. The van der Waals surface area contributed by atoms with Crippen LogP contribution in [0.3, 0.4) is 0 Å². The van der Waals surface area contributed by atoms with Gasteiger partial charge in [0, 0.05) is 0 Å². The fraction of sp³-hybridized carbons (Fsp3) is 0.143. The van der Waals surface area contributed by atoms with E-state index in [1.807, 2.05) is 12.1 Å². The van der Waals surface area contributed by atoms with Crippen LogP contribution in [0.15, 0.2) is 48.5 Å². The summed E-state index contributed by atoms with van der Waals surface area (Å²) in [5.41, 5.74) is 7.59. The normalized spacial score (nSPS) is 13.1. The van der Waals surface area contributed by atoms with Gasteiger partial charge in [0.05, 0.1) is 6.04 Å². The van der Waals surface area contributed by atoms with Gasteiger partial charge in [0.2, 0.25) is 0 Å². The van der Waals surface area contributed by atoms with Crippen LogP contribution in [0.1, 0.15) is 17.2 Å². The Labute approximate surface area is 108 Å². The van der Waals surface area contributed by atoms with Crippen LogP contribution in [0.5, 0.6) is 5.75 Å². The van der Waals surface area contributed by atoms with Gasteiger partial charge in [0.15, 0.2) is 0 Å². The average Bonchev–Trinajstić information content (AvgIpc) is 2.38. The smallest absolute Gasteiger partial charge is 0.406 e. The molecule has 2 nitrogen and oxygen atoms in total. The molecule has 0 aliphatic carbocycles. The Morgan fingerprint density at radius 3 is 2.00 bits per heavy atom. The van der Waals surface area contributed by atoms with Gasteiger partial charge in [-0.25, -0.2) is 0 Å². The van der Waals surface area contributed by atoms with Crippen molar-refractivity contribution in [3.8, 4) is 5.75 Å². The van der Waals surface area contributed by atoms with E-state index < -0.39 is 12.4 Å². The highest BCUT2D eigenvalue weighted by molar-refractivity contribution is 5.34. The first-order chi connectivity index (χ1) is 8.96. The Morgan fingerprint density at radius 1 is 0.947 bits per heavy atom. The zero-order valence-corrected chi connectivity index (χ0v) is 9.82. The van der Waals surface area contributed by atoms with Gasteiger partial charge >= 0.3 is 6.36 Å². The second-order valence-electron chi connectivity index (χ2n) is 3.93. The average molecular weight is 266 g/mol. The van der Waals surface area contributed by atoms with E-state index in [-0.39, 0.29) is 5.75 Å². The standard InChI is InChI=1S/C14H11F3NO/c15-14(16,17)19-12-8-6-11(7-9-12)13(18)10-4-2-1-3-5-10/h2-9,13H,18H2. The molecule has 1 unspecified atom stereocenters. The van der Waals surface area contributed by atoms with E-state index in [9.17, 15) is 13.2 Å². The molecule has 0 heterocycles. The highest BCUT2D eigenvalue weighted by Gasteiger charge is 2.31. The van der Waals surface area contributed by atoms with Gasteiger partial charge in [-0.1, -0.05) is 36.4 Å². The lowest BCUT2D eigenvalue weighted by Crippen LogP contribution is -2.17. The fourth-order valence-electron chi connectivity index (χ4n) is 1.68. The number of ether oxygens (including phenoxy) is 1. The van der Waals surface area contributed by atoms with E-state index in [0.717, 1.165) is 5.56 Å². The van der Waals surface area contributed by atoms with E-state index >= 15 is 0 Å². The van der Waals surface area contributed by atoms with Crippen LogP contribution in [-0.4, -0.2) is 6.36 Å². The molecule has 0 spiro atoms. The summed E-state index contributed by atoms with van der Waals surface area (Å²) in [6.45, 7) is 0. The maximum Gasteiger partial charge on any atom is 0.573 e. The molecule has 19 heavy (non-hydrogen) atoms. The molecular weight excluding hydrogens is 255 g/mol. The van der Waals surface area contributed by atoms with Crippen LogP contribution < -0.4 is 10.5 Å². The van der Waals surface area contributed by atoms with Crippen molar-refractivity contribution in [2.75, 3.05) is 0 Å². The Hall–Kier alpha value is -2.01. The predicted molar refractivity (Wildman–Crippen MR) is 64.4 cm³/mol. The minimum absolute atomic E-state index is 0.259. The molecule has 5 heteroatoms. The van der Waals surface area contributed by atoms with Gasteiger partial charge in [-0.3, -0.25) is 0 Å². The molecular formula is C14H11F3NO. The molecule has 2 N–H and O–H groups in total. The number of hydrogen-bond donors (Lipinski definition) is 1. The largest absolute Gasteiger partial charge is 0.573 e. The van der Waals surface area contributed by atoms with Gasteiger partial charge in [0.25, 0.3) is 0 Å². The Morgan fingerprint density at radius 2 is 1.47 bits per heavy atom.